The first-order valence-electron chi connectivity index (χ1n) is 8.20. The van der Waals surface area contributed by atoms with E-state index in [4.69, 9.17) is 0 Å². The van der Waals surface area contributed by atoms with Crippen LogP contribution in [-0.2, 0) is 0 Å². The number of halogens is 1. The van der Waals surface area contributed by atoms with Crippen molar-refractivity contribution in [3.8, 4) is 11.5 Å². The van der Waals surface area contributed by atoms with Crippen LogP contribution < -0.4 is 5.56 Å². The Morgan fingerprint density at radius 2 is 1.96 bits per heavy atom. The van der Waals surface area contributed by atoms with Crippen LogP contribution >= 0.6 is 0 Å². The molecule has 26 heavy (non-hydrogen) atoms. The van der Waals surface area contributed by atoms with Gasteiger partial charge in [0.1, 0.15) is 17.1 Å². The number of nitrogens with one attached hydrogen (secondary N) is 1. The molecule has 2 aromatic heterocycles. The van der Waals surface area contributed by atoms with Crippen LogP contribution in [0.15, 0.2) is 59.7 Å². The van der Waals surface area contributed by atoms with E-state index in [1.54, 1.807) is 41.4 Å². The number of aromatic amines is 1. The van der Waals surface area contributed by atoms with Crippen LogP contribution in [0.25, 0.3) is 11.5 Å². The van der Waals surface area contributed by atoms with Crippen molar-refractivity contribution in [1.29, 1.82) is 0 Å². The molecule has 1 amide bonds. The number of likely N-dealkylation sites (tertiary alicyclic amines) is 1. The zero-order chi connectivity index (χ0) is 18.1. The third kappa shape index (κ3) is 2.88. The van der Waals surface area contributed by atoms with E-state index in [1.165, 1.54) is 18.3 Å². The summed E-state index contributed by atoms with van der Waals surface area (Å²) in [6, 6.07) is 11.2. The second-order valence-electron chi connectivity index (χ2n) is 6.04. The van der Waals surface area contributed by atoms with Crippen molar-refractivity contribution < 1.29 is 9.18 Å². The molecular formula is C19H15FN4O2. The molecule has 6 nitrogen and oxygen atoms in total. The van der Waals surface area contributed by atoms with Crippen molar-refractivity contribution in [3.63, 3.8) is 0 Å². The summed E-state index contributed by atoms with van der Waals surface area (Å²) in [6.07, 6.45) is 3.65. The number of H-pyrrole nitrogens is 1. The molecule has 0 aliphatic carbocycles. The molecule has 0 spiro atoms. The minimum Gasteiger partial charge on any atom is -0.331 e. The summed E-state index contributed by atoms with van der Waals surface area (Å²) in [7, 11) is 0. The van der Waals surface area contributed by atoms with E-state index in [0.29, 0.717) is 18.1 Å². The molecular weight excluding hydrogens is 335 g/mol. The molecule has 0 saturated carbocycles. The molecule has 3 aromatic rings. The summed E-state index contributed by atoms with van der Waals surface area (Å²) < 4.78 is 13.1. The van der Waals surface area contributed by atoms with Crippen molar-refractivity contribution in [3.05, 3.63) is 82.2 Å². The van der Waals surface area contributed by atoms with Gasteiger partial charge in [0.15, 0.2) is 5.82 Å². The Labute approximate surface area is 148 Å². The van der Waals surface area contributed by atoms with Gasteiger partial charge in [0.05, 0.1) is 6.04 Å². The summed E-state index contributed by atoms with van der Waals surface area (Å²) in [4.78, 5) is 37.6. The average Bonchev–Trinajstić information content (AvgIpc) is 2.63. The minimum atomic E-state index is -0.504. The van der Waals surface area contributed by atoms with Crippen LogP contribution in [0.3, 0.4) is 0 Å². The van der Waals surface area contributed by atoms with Crippen LogP contribution in [-0.4, -0.2) is 32.3 Å². The van der Waals surface area contributed by atoms with Crippen molar-refractivity contribution in [1.82, 2.24) is 19.9 Å². The Kier molecular flexibility index (Phi) is 4.04. The lowest BCUT2D eigenvalue weighted by molar-refractivity contribution is 0.0458. The second-order valence-corrected chi connectivity index (χ2v) is 6.04. The molecule has 1 N–H and O–H groups in total. The van der Waals surface area contributed by atoms with Crippen molar-refractivity contribution in [2.45, 2.75) is 12.5 Å². The van der Waals surface area contributed by atoms with Gasteiger partial charge in [0, 0.05) is 18.9 Å². The predicted molar refractivity (Wildman–Crippen MR) is 92.9 cm³/mol. The molecule has 1 aliphatic heterocycles. The second kappa shape index (κ2) is 6.51. The summed E-state index contributed by atoms with van der Waals surface area (Å²) in [5, 5.41) is 0. The predicted octanol–water partition coefficient (Wildman–Crippen LogP) is 2.56. The zero-order valence-electron chi connectivity index (χ0n) is 13.7. The van der Waals surface area contributed by atoms with Gasteiger partial charge in [-0.1, -0.05) is 18.2 Å². The monoisotopic (exact) mass is 350 g/mol. The normalized spacial score (nSPS) is 16.2. The first-order chi connectivity index (χ1) is 12.6. The van der Waals surface area contributed by atoms with Gasteiger partial charge in [-0.25, -0.2) is 9.37 Å². The fourth-order valence-electron chi connectivity index (χ4n) is 3.00. The number of amides is 1. The Hall–Kier alpha value is -3.35. The fraction of sp³-hybridized carbons (Fsp3) is 0.158. The smallest absolute Gasteiger partial charge is 0.264 e. The molecule has 3 heterocycles. The van der Waals surface area contributed by atoms with E-state index in [0.717, 1.165) is 12.0 Å². The van der Waals surface area contributed by atoms with Crippen LogP contribution in [0.4, 0.5) is 4.39 Å². The number of nitrogens with zero attached hydrogens (tertiary/aromatic N) is 3. The van der Waals surface area contributed by atoms with Crippen molar-refractivity contribution in [2.24, 2.45) is 0 Å². The number of carbonyl (C=O) groups excluding carboxylic acids is 1. The number of aromatic nitrogens is 3. The highest BCUT2D eigenvalue weighted by Gasteiger charge is 2.35. The first-order valence-corrected chi connectivity index (χ1v) is 8.20. The van der Waals surface area contributed by atoms with Crippen LogP contribution in [0.1, 0.15) is 28.4 Å². The molecule has 0 bridgehead atoms. The van der Waals surface area contributed by atoms with Gasteiger partial charge < -0.3 is 9.88 Å². The van der Waals surface area contributed by atoms with Crippen LogP contribution in [0.5, 0.6) is 0 Å². The Morgan fingerprint density at radius 1 is 1.15 bits per heavy atom. The lowest BCUT2D eigenvalue weighted by Crippen LogP contribution is -2.46. The minimum absolute atomic E-state index is 0.0171. The first kappa shape index (κ1) is 16.1. The molecule has 0 radical (unpaired) electrons. The molecule has 0 unspecified atom stereocenters. The molecule has 1 aliphatic rings. The lowest BCUT2D eigenvalue weighted by Gasteiger charge is -2.41. The SMILES string of the molecule is O=C(c1cnc(-c2ccccn2)[nH]c1=O)N1CC[C@@H]1c1ccc(F)cc1. The molecule has 7 heteroatoms. The number of rotatable bonds is 3. The summed E-state index contributed by atoms with van der Waals surface area (Å²) in [6.45, 7) is 0.544. The zero-order valence-corrected chi connectivity index (χ0v) is 13.7. The summed E-state index contributed by atoms with van der Waals surface area (Å²) in [5.41, 5.74) is 0.851. The fourth-order valence-corrected chi connectivity index (χ4v) is 3.00. The quantitative estimate of drug-likeness (QED) is 0.787. The molecule has 1 atom stereocenters. The molecule has 1 fully saturated rings. The van der Waals surface area contributed by atoms with Gasteiger partial charge >= 0.3 is 0 Å². The van der Waals surface area contributed by atoms with E-state index < -0.39 is 5.56 Å². The standard InChI is InChI=1S/C19H15FN4O2/c20-13-6-4-12(5-7-13)16-8-10-24(16)19(26)14-11-22-17(23-18(14)25)15-3-1-2-9-21-15/h1-7,9,11,16H,8,10H2,(H,22,23,25)/t16-/m1/s1. The number of benzene rings is 1. The van der Waals surface area contributed by atoms with Crippen LogP contribution in [0, 0.1) is 5.82 Å². The third-order valence-electron chi connectivity index (χ3n) is 4.47. The van der Waals surface area contributed by atoms with Gasteiger partial charge in [-0.3, -0.25) is 14.6 Å². The van der Waals surface area contributed by atoms with E-state index in [-0.39, 0.29) is 23.3 Å². The average molecular weight is 350 g/mol. The Bertz CT molecular complexity index is 1000. The van der Waals surface area contributed by atoms with E-state index >= 15 is 0 Å². The highest BCUT2D eigenvalue weighted by Crippen LogP contribution is 2.34. The van der Waals surface area contributed by atoms with Gasteiger partial charge in [0.2, 0.25) is 0 Å². The summed E-state index contributed by atoms with van der Waals surface area (Å²) >= 11 is 0. The van der Waals surface area contributed by atoms with Gasteiger partial charge in [-0.15, -0.1) is 0 Å². The molecule has 1 saturated heterocycles. The number of hydrogen-bond donors (Lipinski definition) is 1. The van der Waals surface area contributed by atoms with Crippen LogP contribution in [0.2, 0.25) is 0 Å². The van der Waals surface area contributed by atoms with Crippen molar-refractivity contribution >= 4 is 5.91 Å². The topological polar surface area (TPSA) is 79.0 Å². The highest BCUT2D eigenvalue weighted by molar-refractivity contribution is 5.94. The summed E-state index contributed by atoms with van der Waals surface area (Å²) in [5.74, 6) is -0.394. The molecule has 130 valence electrons. The highest BCUT2D eigenvalue weighted by atomic mass is 19.1. The maximum absolute atomic E-state index is 13.1. The maximum atomic E-state index is 13.1. The third-order valence-corrected chi connectivity index (χ3v) is 4.47. The largest absolute Gasteiger partial charge is 0.331 e. The lowest BCUT2D eigenvalue weighted by atomic mass is 9.94. The Balaban J connectivity index is 1.58. The Morgan fingerprint density at radius 3 is 2.58 bits per heavy atom. The van der Waals surface area contributed by atoms with Crippen molar-refractivity contribution in [2.75, 3.05) is 6.54 Å². The number of carbonyl (C=O) groups is 1. The molecule has 1 aromatic carbocycles. The maximum Gasteiger partial charge on any atom is 0.264 e. The van der Waals surface area contributed by atoms with E-state index in [1.807, 2.05) is 0 Å². The van der Waals surface area contributed by atoms with Gasteiger partial charge in [-0.2, -0.15) is 0 Å². The van der Waals surface area contributed by atoms with E-state index in [9.17, 15) is 14.0 Å². The number of hydrogen-bond acceptors (Lipinski definition) is 4. The van der Waals surface area contributed by atoms with E-state index in [2.05, 4.69) is 15.0 Å². The number of pyridine rings is 1. The molecule has 4 rings (SSSR count). The van der Waals surface area contributed by atoms with Gasteiger partial charge in [0.25, 0.3) is 11.5 Å². The van der Waals surface area contributed by atoms with Gasteiger partial charge in [-0.05, 0) is 36.2 Å².